The maximum absolute atomic E-state index is 6.20. The maximum Gasteiger partial charge on any atom is 0.00157 e. The molecule has 108 valence electrons. The number of benzene rings is 1. The second-order valence-electron chi connectivity index (χ2n) is 8.29. The molecule has 0 aromatic heterocycles. The van der Waals surface area contributed by atoms with Gasteiger partial charge in [0.25, 0.3) is 0 Å². The number of nitrogens with two attached hydrogens (primary N) is 1. The van der Waals surface area contributed by atoms with Crippen molar-refractivity contribution in [3.63, 3.8) is 0 Å². The Hall–Kier alpha value is -0.820. The molecule has 1 heteroatoms. The Morgan fingerprint density at radius 3 is 2.35 bits per heavy atom. The molecule has 5 rings (SSSR count). The zero-order valence-corrected chi connectivity index (χ0v) is 12.6. The number of rotatable bonds is 3. The van der Waals surface area contributed by atoms with Gasteiger partial charge in [-0.05, 0) is 80.1 Å². The van der Waals surface area contributed by atoms with Gasteiger partial charge in [-0.1, -0.05) is 30.3 Å². The molecule has 0 aliphatic heterocycles. The van der Waals surface area contributed by atoms with Crippen molar-refractivity contribution in [3.8, 4) is 0 Å². The first-order valence-corrected chi connectivity index (χ1v) is 8.40. The lowest BCUT2D eigenvalue weighted by Crippen LogP contribution is -2.55. The molecular formula is C19H27N. The Labute approximate surface area is 122 Å². The lowest BCUT2D eigenvalue weighted by molar-refractivity contribution is -0.0783. The number of hydrogen-bond acceptors (Lipinski definition) is 1. The minimum atomic E-state index is 0.360. The monoisotopic (exact) mass is 269 g/mol. The summed E-state index contributed by atoms with van der Waals surface area (Å²) in [7, 11) is 0. The zero-order valence-electron chi connectivity index (χ0n) is 12.6. The summed E-state index contributed by atoms with van der Waals surface area (Å²) in [6.45, 7) is 2.20. The molecule has 4 aliphatic carbocycles. The largest absolute Gasteiger partial charge is 0.328 e. The molecule has 4 aliphatic rings. The van der Waals surface area contributed by atoms with Gasteiger partial charge in [0.15, 0.2) is 0 Å². The van der Waals surface area contributed by atoms with Gasteiger partial charge < -0.3 is 5.73 Å². The Balaban J connectivity index is 1.72. The molecule has 4 bridgehead atoms. The summed E-state index contributed by atoms with van der Waals surface area (Å²) in [6.07, 6.45) is 9.93. The smallest absolute Gasteiger partial charge is 0.00157 e. The highest BCUT2D eigenvalue weighted by Gasteiger charge is 2.57. The van der Waals surface area contributed by atoms with E-state index in [4.69, 9.17) is 5.73 Å². The van der Waals surface area contributed by atoms with E-state index in [-0.39, 0.29) is 0 Å². The Kier molecular flexibility index (Phi) is 2.79. The molecule has 4 fully saturated rings. The van der Waals surface area contributed by atoms with Gasteiger partial charge in [-0.15, -0.1) is 0 Å². The van der Waals surface area contributed by atoms with Crippen molar-refractivity contribution < 1.29 is 0 Å². The highest BCUT2D eigenvalue weighted by molar-refractivity contribution is 5.30. The van der Waals surface area contributed by atoms with E-state index in [1.807, 2.05) is 0 Å². The highest BCUT2D eigenvalue weighted by Crippen LogP contribution is 2.66. The van der Waals surface area contributed by atoms with Gasteiger partial charge in [0, 0.05) is 6.04 Å². The fourth-order valence-electron chi connectivity index (χ4n) is 6.50. The fourth-order valence-corrected chi connectivity index (χ4v) is 6.50. The third-order valence-corrected chi connectivity index (χ3v) is 6.32. The van der Waals surface area contributed by atoms with Gasteiger partial charge in [0.05, 0.1) is 0 Å². The molecule has 20 heavy (non-hydrogen) atoms. The summed E-state index contributed by atoms with van der Waals surface area (Å²) in [6, 6.07) is 11.7. The summed E-state index contributed by atoms with van der Waals surface area (Å²) < 4.78 is 0. The summed E-state index contributed by atoms with van der Waals surface area (Å²) in [5.41, 5.74) is 8.86. The zero-order chi connectivity index (χ0) is 13.8. The van der Waals surface area contributed by atoms with E-state index in [0.717, 1.165) is 11.8 Å². The van der Waals surface area contributed by atoms with Crippen LogP contribution >= 0.6 is 0 Å². The maximum atomic E-state index is 6.20. The van der Waals surface area contributed by atoms with Crippen LogP contribution in [0, 0.1) is 17.3 Å². The van der Waals surface area contributed by atoms with Crippen molar-refractivity contribution in [2.75, 3.05) is 0 Å². The van der Waals surface area contributed by atoms with Crippen molar-refractivity contribution in [1.29, 1.82) is 0 Å². The molecule has 3 atom stereocenters. The molecule has 3 unspecified atom stereocenters. The topological polar surface area (TPSA) is 26.0 Å². The molecule has 0 amide bonds. The third kappa shape index (κ3) is 1.94. The Bertz CT molecular complexity index is 470. The molecule has 1 nitrogen and oxygen atoms in total. The third-order valence-electron chi connectivity index (χ3n) is 6.32. The first-order valence-electron chi connectivity index (χ1n) is 8.40. The molecule has 0 spiro atoms. The summed E-state index contributed by atoms with van der Waals surface area (Å²) >= 11 is 0. The van der Waals surface area contributed by atoms with Crippen molar-refractivity contribution in [2.45, 2.75) is 63.3 Å². The normalized spacial score (nSPS) is 43.7. The first kappa shape index (κ1) is 12.9. The second kappa shape index (κ2) is 4.34. The predicted octanol–water partition coefficient (Wildman–Crippen LogP) is 4.26. The van der Waals surface area contributed by atoms with E-state index in [9.17, 15) is 0 Å². The predicted molar refractivity (Wildman–Crippen MR) is 83.5 cm³/mol. The molecular weight excluding hydrogens is 242 g/mol. The molecule has 0 radical (unpaired) electrons. The van der Waals surface area contributed by atoms with Gasteiger partial charge in [-0.25, -0.2) is 0 Å². The van der Waals surface area contributed by atoms with Crippen LogP contribution in [0.2, 0.25) is 0 Å². The Morgan fingerprint density at radius 1 is 1.10 bits per heavy atom. The summed E-state index contributed by atoms with van der Waals surface area (Å²) in [4.78, 5) is 0. The second-order valence-corrected chi connectivity index (χ2v) is 8.29. The molecule has 2 N–H and O–H groups in total. The molecule has 1 aromatic rings. The van der Waals surface area contributed by atoms with E-state index in [1.54, 1.807) is 5.56 Å². The minimum absolute atomic E-state index is 0.360. The Morgan fingerprint density at radius 2 is 1.75 bits per heavy atom. The van der Waals surface area contributed by atoms with Gasteiger partial charge >= 0.3 is 0 Å². The fraction of sp³-hybridized carbons (Fsp3) is 0.684. The average Bonchev–Trinajstić information content (AvgIpc) is 2.36. The average molecular weight is 269 g/mol. The van der Waals surface area contributed by atoms with Crippen LogP contribution < -0.4 is 5.73 Å². The van der Waals surface area contributed by atoms with Crippen molar-refractivity contribution >= 4 is 0 Å². The van der Waals surface area contributed by atoms with Crippen molar-refractivity contribution in [3.05, 3.63) is 35.9 Å². The summed E-state index contributed by atoms with van der Waals surface area (Å²) in [5.74, 6) is 1.94. The van der Waals surface area contributed by atoms with E-state index in [0.29, 0.717) is 16.9 Å². The van der Waals surface area contributed by atoms with Crippen LogP contribution in [-0.2, 0) is 5.41 Å². The van der Waals surface area contributed by atoms with Crippen LogP contribution in [0.1, 0.15) is 57.4 Å². The van der Waals surface area contributed by atoms with E-state index < -0.39 is 0 Å². The van der Waals surface area contributed by atoms with Crippen molar-refractivity contribution in [1.82, 2.24) is 0 Å². The summed E-state index contributed by atoms with van der Waals surface area (Å²) in [5, 5.41) is 0. The standard InChI is InChI=1S/C19H27N/c1-14(20)8-18-9-15-7-16(10-18)12-19(11-15,13-18)17-5-3-2-4-6-17/h2-6,14-16H,7-13,20H2,1H3. The van der Waals surface area contributed by atoms with Gasteiger partial charge in [0.1, 0.15) is 0 Å². The SMILES string of the molecule is CC(N)CC12CC3CC(C1)CC(c1ccccc1)(C3)C2. The van der Waals surface area contributed by atoms with Crippen LogP contribution in [0.5, 0.6) is 0 Å². The van der Waals surface area contributed by atoms with Crippen LogP contribution in [0.4, 0.5) is 0 Å². The van der Waals surface area contributed by atoms with E-state index in [1.165, 1.54) is 44.9 Å². The highest BCUT2D eigenvalue weighted by atomic mass is 14.7. The van der Waals surface area contributed by atoms with Crippen molar-refractivity contribution in [2.24, 2.45) is 23.0 Å². The van der Waals surface area contributed by atoms with Crippen LogP contribution in [0.25, 0.3) is 0 Å². The minimum Gasteiger partial charge on any atom is -0.328 e. The van der Waals surface area contributed by atoms with E-state index >= 15 is 0 Å². The molecule has 0 saturated heterocycles. The lowest BCUT2D eigenvalue weighted by Gasteiger charge is -2.63. The molecule has 4 saturated carbocycles. The quantitative estimate of drug-likeness (QED) is 0.871. The van der Waals surface area contributed by atoms with Crippen LogP contribution in [0.3, 0.4) is 0 Å². The van der Waals surface area contributed by atoms with Gasteiger partial charge in [-0.2, -0.15) is 0 Å². The van der Waals surface area contributed by atoms with Gasteiger partial charge in [0.2, 0.25) is 0 Å². The van der Waals surface area contributed by atoms with E-state index in [2.05, 4.69) is 37.3 Å². The van der Waals surface area contributed by atoms with Crippen LogP contribution in [-0.4, -0.2) is 6.04 Å². The van der Waals surface area contributed by atoms with Gasteiger partial charge in [-0.3, -0.25) is 0 Å². The van der Waals surface area contributed by atoms with Crippen LogP contribution in [0.15, 0.2) is 30.3 Å². The first-order chi connectivity index (χ1) is 9.59. The molecule has 1 aromatic carbocycles. The lowest BCUT2D eigenvalue weighted by atomic mass is 9.42. The molecule has 0 heterocycles. The number of hydrogen-bond donors (Lipinski definition) is 1.